The molecule has 302 valence electrons. The number of anilines is 2. The molecule has 60 heavy (non-hydrogen) atoms. The summed E-state index contributed by atoms with van der Waals surface area (Å²) >= 11 is 8.78. The smallest absolute Gasteiger partial charge is 0.323 e. The second-order valence-corrected chi connectivity index (χ2v) is 18.6. The lowest BCUT2D eigenvalue weighted by molar-refractivity contribution is -0.137. The van der Waals surface area contributed by atoms with Gasteiger partial charge in [0, 0.05) is 36.4 Å². The van der Waals surface area contributed by atoms with Crippen molar-refractivity contribution in [2.45, 2.75) is 58.2 Å². The van der Waals surface area contributed by atoms with Crippen molar-refractivity contribution in [2.75, 3.05) is 11.4 Å². The normalized spacial score (nSPS) is 18.9. The second-order valence-electron chi connectivity index (χ2n) is 14.9. The van der Waals surface area contributed by atoms with Crippen LogP contribution in [0.1, 0.15) is 66.8 Å². The number of carbonyl (C=O) groups excluding carboxylic acids is 1. The minimum atomic E-state index is -1.20. The number of benzene rings is 4. The van der Waals surface area contributed by atoms with Gasteiger partial charge in [0.1, 0.15) is 29.6 Å². The lowest BCUT2D eigenvalue weighted by atomic mass is 9.95. The Hall–Kier alpha value is -5.60. The van der Waals surface area contributed by atoms with Gasteiger partial charge in [0.25, 0.3) is 17.0 Å². The van der Waals surface area contributed by atoms with Gasteiger partial charge < -0.3 is 10.0 Å². The van der Waals surface area contributed by atoms with Gasteiger partial charge in [0.2, 0.25) is 0 Å². The van der Waals surface area contributed by atoms with Crippen LogP contribution in [0.15, 0.2) is 113 Å². The fraction of sp³-hybridized carbons (Fsp3) is 0.213. The molecule has 1 saturated carbocycles. The Morgan fingerprint density at radius 1 is 0.800 bits per heavy atom. The van der Waals surface area contributed by atoms with Crippen LogP contribution in [0.2, 0.25) is 0 Å². The maximum absolute atomic E-state index is 14.0. The van der Waals surface area contributed by atoms with Crippen LogP contribution in [-0.4, -0.2) is 47.9 Å². The van der Waals surface area contributed by atoms with Gasteiger partial charge >= 0.3 is 5.97 Å². The monoisotopic (exact) mass is 868 g/mol. The molecule has 1 aliphatic carbocycles. The van der Waals surface area contributed by atoms with Crippen molar-refractivity contribution in [2.24, 2.45) is 0 Å². The second kappa shape index (κ2) is 16.5. The van der Waals surface area contributed by atoms with E-state index >= 15 is 0 Å². The van der Waals surface area contributed by atoms with Gasteiger partial charge in [-0.05, 0) is 96.5 Å². The van der Waals surface area contributed by atoms with Crippen molar-refractivity contribution < 1.29 is 14.7 Å². The molecular formula is C47H40N4O5S4. The van der Waals surface area contributed by atoms with Crippen LogP contribution >= 0.6 is 46.7 Å². The fourth-order valence-electron chi connectivity index (χ4n) is 8.69. The maximum Gasteiger partial charge on any atom is 0.323 e. The quantitative estimate of drug-likeness (QED) is 0.117. The highest BCUT2D eigenvalue weighted by molar-refractivity contribution is 8.30. The minimum absolute atomic E-state index is 0.216. The highest BCUT2D eigenvalue weighted by Crippen LogP contribution is 2.52. The molecule has 4 aromatic carbocycles. The number of nitrogens with zero attached hydrogens (tertiary/aromatic N) is 4. The zero-order valence-electron chi connectivity index (χ0n) is 32.9. The summed E-state index contributed by atoms with van der Waals surface area (Å²) in [5, 5.41) is 9.86. The van der Waals surface area contributed by atoms with E-state index in [1.807, 2.05) is 32.0 Å². The first-order valence-electron chi connectivity index (χ1n) is 20.0. The number of thioether (sulfide) groups is 1. The number of carboxylic acids is 1. The van der Waals surface area contributed by atoms with E-state index in [-0.39, 0.29) is 27.2 Å². The van der Waals surface area contributed by atoms with E-state index in [9.17, 15) is 24.3 Å². The number of aliphatic carboxylic acids is 1. The summed E-state index contributed by atoms with van der Waals surface area (Å²) in [5.41, 5.74) is 8.08. The Balaban J connectivity index is 1.11. The lowest BCUT2D eigenvalue weighted by Crippen LogP contribution is -2.31. The number of thiocarbonyl (C=S) groups is 1. The van der Waals surface area contributed by atoms with Crippen molar-refractivity contribution in [3.05, 3.63) is 170 Å². The number of hydrogen-bond acceptors (Lipinski definition) is 9. The summed E-state index contributed by atoms with van der Waals surface area (Å²) < 4.78 is 4.33. The summed E-state index contributed by atoms with van der Waals surface area (Å²) in [4.78, 5) is 57.6. The van der Waals surface area contributed by atoms with Crippen LogP contribution in [0.3, 0.4) is 0 Å². The molecule has 13 heteroatoms. The molecule has 3 aliphatic rings. The number of rotatable bonds is 9. The third kappa shape index (κ3) is 7.12. The Labute approximate surface area is 363 Å². The molecule has 2 unspecified atom stereocenters. The lowest BCUT2D eigenvalue weighted by Gasteiger charge is -2.27. The third-order valence-electron chi connectivity index (χ3n) is 11.4. The van der Waals surface area contributed by atoms with E-state index in [0.717, 1.165) is 97.5 Å². The average molecular weight is 869 g/mol. The summed E-state index contributed by atoms with van der Waals surface area (Å²) in [7, 11) is 0. The number of fused-ring (bicyclic) bond motifs is 3. The van der Waals surface area contributed by atoms with E-state index in [2.05, 4.69) is 95.9 Å². The highest BCUT2D eigenvalue weighted by Gasteiger charge is 2.42. The van der Waals surface area contributed by atoms with Crippen LogP contribution in [0.4, 0.5) is 11.4 Å². The molecule has 2 fully saturated rings. The first-order valence-corrected chi connectivity index (χ1v) is 22.8. The molecule has 6 aromatic rings. The van der Waals surface area contributed by atoms with Gasteiger partial charge in [0.15, 0.2) is 0 Å². The van der Waals surface area contributed by atoms with Gasteiger partial charge in [-0.3, -0.25) is 33.2 Å². The number of amides is 1. The Bertz CT molecular complexity index is 3040. The summed E-state index contributed by atoms with van der Waals surface area (Å²) in [6, 6.07) is 36.3. The number of carboxylic acid groups (broad SMARTS) is 1. The zero-order valence-corrected chi connectivity index (χ0v) is 36.1. The predicted molar refractivity (Wildman–Crippen MR) is 247 cm³/mol. The topological polar surface area (TPSA) is 105 Å². The van der Waals surface area contributed by atoms with Gasteiger partial charge in [0.05, 0.1) is 4.53 Å². The predicted octanol–water partition coefficient (Wildman–Crippen LogP) is 7.72. The largest absolute Gasteiger partial charge is 0.480 e. The minimum Gasteiger partial charge on any atom is -0.480 e. The molecule has 2 aromatic heterocycles. The first kappa shape index (κ1) is 39.8. The van der Waals surface area contributed by atoms with E-state index in [0.29, 0.717) is 36.9 Å². The van der Waals surface area contributed by atoms with Crippen molar-refractivity contribution in [1.29, 1.82) is 0 Å². The van der Waals surface area contributed by atoms with Crippen molar-refractivity contribution in [1.82, 2.24) is 14.0 Å². The molecule has 9 rings (SSSR count). The number of carbonyl (C=O) groups is 2. The first-order chi connectivity index (χ1) is 29.1. The number of thiazole rings is 2. The van der Waals surface area contributed by atoms with Crippen molar-refractivity contribution in [3.8, 4) is 0 Å². The van der Waals surface area contributed by atoms with E-state index in [1.165, 1.54) is 15.0 Å². The molecule has 0 radical (unpaired) electrons. The Kier molecular flexibility index (Phi) is 10.9. The molecule has 0 bridgehead atoms. The van der Waals surface area contributed by atoms with Crippen molar-refractivity contribution >= 4 is 96.9 Å². The molecule has 9 nitrogen and oxygen atoms in total. The maximum atomic E-state index is 14.0. The number of aromatic nitrogens is 2. The van der Waals surface area contributed by atoms with Crippen LogP contribution in [0, 0.1) is 9.20 Å². The summed E-state index contributed by atoms with van der Waals surface area (Å²) in [5.74, 6) is -1.13. The average Bonchev–Trinajstić information content (AvgIpc) is 4.06. The standard InChI is InChI=1S/C47H40N4O5S4/c1-3-48-43(55)40(59-45(48)41-44(56)49(4-2)47(57)60-41)46-50(27-39(52)53)42(54)38(58-46)26-29-20-23-37-35(25-29)33-16-11-17-36(33)51(37)32-21-18-28(19-22-32)24-34(30-12-7-5-8-13-30)31-14-9-6-10-15-31/h5-10,12-15,18-26,33,36H,3-4,11,16-17,27H2,1-2H3,(H,52,53)/b38-26-,45-41+,46-40+. The van der Waals surface area contributed by atoms with E-state index in [1.54, 1.807) is 6.08 Å². The molecular weight excluding hydrogens is 829 g/mol. The highest BCUT2D eigenvalue weighted by atomic mass is 32.2. The van der Waals surface area contributed by atoms with Gasteiger partial charge in [-0.1, -0.05) is 109 Å². The third-order valence-corrected chi connectivity index (χ3v) is 15.4. The van der Waals surface area contributed by atoms with Gasteiger partial charge in [-0.2, -0.15) is 0 Å². The SMILES string of the molecule is CCN1C(=O)/C(=c2\s/c(=c3/s/c(=C\c4ccc5c(c4)C4CCCC4N5c4ccc(C=C(c5ccccc5)c5ccccc5)cc4)c(=O)n3CC(=O)O)c(=O)n2CC)SC1=S. The van der Waals surface area contributed by atoms with Gasteiger partial charge in [-0.15, -0.1) is 22.7 Å². The molecule has 2 atom stereocenters. The summed E-state index contributed by atoms with van der Waals surface area (Å²) in [6.45, 7) is 3.73. The molecule has 1 saturated heterocycles. The van der Waals surface area contributed by atoms with Crippen LogP contribution in [0.25, 0.3) is 22.6 Å². The van der Waals surface area contributed by atoms with Crippen LogP contribution in [0.5, 0.6) is 0 Å². The number of hydrogen-bond donors (Lipinski definition) is 1. The fourth-order valence-corrected chi connectivity index (χ4v) is 12.7. The Morgan fingerprint density at radius 2 is 1.48 bits per heavy atom. The van der Waals surface area contributed by atoms with E-state index < -0.39 is 18.1 Å². The molecule has 1 amide bonds. The van der Waals surface area contributed by atoms with Gasteiger partial charge in [-0.25, -0.2) is 0 Å². The van der Waals surface area contributed by atoms with Crippen LogP contribution in [-0.2, 0) is 22.7 Å². The zero-order chi connectivity index (χ0) is 41.7. The molecule has 2 aliphatic heterocycles. The molecule has 4 heterocycles. The van der Waals surface area contributed by atoms with Crippen molar-refractivity contribution in [3.63, 3.8) is 0 Å². The molecule has 0 spiro atoms. The Morgan fingerprint density at radius 3 is 2.12 bits per heavy atom. The molecule has 1 N–H and O–H groups in total. The van der Waals surface area contributed by atoms with Crippen LogP contribution < -0.4 is 25.2 Å². The van der Waals surface area contributed by atoms with E-state index in [4.69, 9.17) is 12.2 Å². The summed E-state index contributed by atoms with van der Waals surface area (Å²) in [6.07, 6.45) is 7.30.